The molecule has 0 spiro atoms. The Morgan fingerprint density at radius 2 is 1.15 bits per heavy atom. The first-order valence-electron chi connectivity index (χ1n) is 9.97. The van der Waals surface area contributed by atoms with Crippen LogP contribution >= 0.6 is 0 Å². The number of nitrogens with zero attached hydrogens (tertiary/aromatic N) is 1. The molecule has 0 amide bonds. The van der Waals surface area contributed by atoms with Gasteiger partial charge < -0.3 is 19.4 Å². The number of carboxylic acids is 2. The highest BCUT2D eigenvalue weighted by Gasteiger charge is 2.22. The summed E-state index contributed by atoms with van der Waals surface area (Å²) >= 11 is 0. The van der Waals surface area contributed by atoms with Crippen LogP contribution in [0.5, 0.6) is 0 Å². The Morgan fingerprint density at radius 3 is 1.27 bits per heavy atom. The number of ether oxygens (including phenoxy) is 1. The lowest BCUT2D eigenvalue weighted by atomic mass is 10.2. The molecule has 0 aromatic heterocycles. The second-order valence-corrected chi connectivity index (χ2v) is 6.62. The van der Waals surface area contributed by atoms with Crippen molar-refractivity contribution in [3.05, 3.63) is 0 Å². The molecule has 0 aliphatic heterocycles. The molecule has 26 heavy (non-hydrogen) atoms. The van der Waals surface area contributed by atoms with Gasteiger partial charge in [-0.25, -0.2) is 0 Å². The molecular weight excluding hydrogens is 334 g/mol. The second kappa shape index (κ2) is 20.2. The molecule has 158 valence electrons. The van der Waals surface area contributed by atoms with Gasteiger partial charge in [-0.2, -0.15) is 0 Å². The summed E-state index contributed by atoms with van der Waals surface area (Å²) in [5.74, 6) is -1.64. The molecule has 0 saturated carbocycles. The van der Waals surface area contributed by atoms with E-state index in [-0.39, 0.29) is 12.5 Å². The molecule has 0 aliphatic carbocycles. The molecule has 2 N–H and O–H groups in total. The monoisotopic (exact) mass is 378 g/mol. The van der Waals surface area contributed by atoms with E-state index >= 15 is 0 Å². The number of quaternary nitrogens is 1. The lowest BCUT2D eigenvalue weighted by Gasteiger charge is -2.38. The summed E-state index contributed by atoms with van der Waals surface area (Å²) in [6.45, 7) is 17.8. The van der Waals surface area contributed by atoms with Crippen LogP contribution in [-0.4, -0.2) is 66.0 Å². The number of hydrogen-bond acceptors (Lipinski definition) is 3. The van der Waals surface area contributed by atoms with Crippen LogP contribution in [0.1, 0.15) is 80.1 Å². The average Bonchev–Trinajstić information content (AvgIpc) is 2.53. The fourth-order valence-electron chi connectivity index (χ4n) is 3.16. The summed E-state index contributed by atoms with van der Waals surface area (Å²) in [5.41, 5.74) is 0. The van der Waals surface area contributed by atoms with Crippen molar-refractivity contribution in [3.63, 3.8) is 0 Å². The van der Waals surface area contributed by atoms with Gasteiger partial charge >= 0.3 is 5.97 Å². The van der Waals surface area contributed by atoms with E-state index in [1.165, 1.54) is 63.5 Å². The highest BCUT2D eigenvalue weighted by atomic mass is 16.5. The van der Waals surface area contributed by atoms with Crippen molar-refractivity contribution in [2.45, 2.75) is 86.2 Å². The van der Waals surface area contributed by atoms with Crippen LogP contribution in [0.15, 0.2) is 0 Å². The van der Waals surface area contributed by atoms with Crippen molar-refractivity contribution in [2.24, 2.45) is 0 Å². The van der Waals surface area contributed by atoms with E-state index < -0.39 is 11.9 Å². The molecular formula is C20H44NO5+. The molecule has 0 rings (SSSR count). The molecule has 0 aromatic carbocycles. The van der Waals surface area contributed by atoms with E-state index in [4.69, 9.17) is 19.7 Å². The van der Waals surface area contributed by atoms with E-state index in [0.29, 0.717) is 0 Å². The lowest BCUT2D eigenvalue weighted by Crippen LogP contribution is -2.50. The van der Waals surface area contributed by atoms with E-state index in [0.717, 1.165) is 13.3 Å². The van der Waals surface area contributed by atoms with Crippen molar-refractivity contribution >= 4 is 11.9 Å². The predicted molar refractivity (Wildman–Crippen MR) is 108 cm³/mol. The second-order valence-electron chi connectivity index (χ2n) is 6.62. The Labute approximate surface area is 161 Å². The van der Waals surface area contributed by atoms with Crippen LogP contribution in [0.4, 0.5) is 0 Å². The molecule has 0 bridgehead atoms. The van der Waals surface area contributed by atoms with Gasteiger partial charge in [-0.15, -0.1) is 0 Å². The number of rotatable bonds is 12. The van der Waals surface area contributed by atoms with Crippen LogP contribution in [0.25, 0.3) is 0 Å². The van der Waals surface area contributed by atoms with Gasteiger partial charge in [0.05, 0.1) is 38.7 Å². The summed E-state index contributed by atoms with van der Waals surface area (Å²) in [7, 11) is 1.52. The smallest absolute Gasteiger partial charge is 0.305 e. The highest BCUT2D eigenvalue weighted by Crippen LogP contribution is 2.12. The van der Waals surface area contributed by atoms with Crippen molar-refractivity contribution in [2.75, 3.05) is 33.3 Å². The minimum Gasteiger partial charge on any atom is -0.481 e. The number of methoxy groups -OCH3 is 1. The van der Waals surface area contributed by atoms with Crippen LogP contribution in [-0.2, 0) is 14.3 Å². The SMILES string of the molecule is CC(=O)O.CCC(CC(=O)O)OC.CCC[N+](CCC)(CCC)CCC. The molecule has 0 fully saturated rings. The maximum atomic E-state index is 10.0. The Balaban J connectivity index is -0.000000352. The zero-order chi connectivity index (χ0) is 21.0. The van der Waals surface area contributed by atoms with Gasteiger partial charge in [0.15, 0.2) is 0 Å². The van der Waals surface area contributed by atoms with Crippen LogP contribution in [0.2, 0.25) is 0 Å². The van der Waals surface area contributed by atoms with Gasteiger partial charge in [-0.05, 0) is 32.1 Å². The van der Waals surface area contributed by atoms with Gasteiger partial charge in [0, 0.05) is 14.0 Å². The summed E-state index contributed by atoms with van der Waals surface area (Å²) in [5, 5.41) is 15.7. The topological polar surface area (TPSA) is 83.8 Å². The third-order valence-electron chi connectivity index (χ3n) is 3.98. The highest BCUT2D eigenvalue weighted by molar-refractivity contribution is 5.67. The maximum absolute atomic E-state index is 10.0. The van der Waals surface area contributed by atoms with Gasteiger partial charge in [0.2, 0.25) is 0 Å². The van der Waals surface area contributed by atoms with Gasteiger partial charge in [0.1, 0.15) is 0 Å². The van der Waals surface area contributed by atoms with Gasteiger partial charge in [0.25, 0.3) is 5.97 Å². The molecule has 6 heteroatoms. The van der Waals surface area contributed by atoms with Gasteiger partial charge in [-0.1, -0.05) is 34.6 Å². The summed E-state index contributed by atoms with van der Waals surface area (Å²) in [6, 6.07) is 0. The van der Waals surface area contributed by atoms with Crippen LogP contribution in [0.3, 0.4) is 0 Å². The minimum absolute atomic E-state index is 0.104. The first kappa shape index (κ1) is 29.6. The Bertz CT molecular complexity index is 297. The van der Waals surface area contributed by atoms with E-state index in [1.807, 2.05) is 6.92 Å². The van der Waals surface area contributed by atoms with Crippen LogP contribution < -0.4 is 0 Å². The third-order valence-corrected chi connectivity index (χ3v) is 3.98. The zero-order valence-electron chi connectivity index (χ0n) is 18.2. The Kier molecular flexibility index (Phi) is 23.0. The molecule has 1 unspecified atom stereocenters. The Morgan fingerprint density at radius 1 is 0.846 bits per heavy atom. The summed E-state index contributed by atoms with van der Waals surface area (Å²) in [6.07, 6.45) is 6.07. The lowest BCUT2D eigenvalue weighted by molar-refractivity contribution is -0.928. The largest absolute Gasteiger partial charge is 0.481 e. The Hall–Kier alpha value is -1.14. The number of aliphatic carboxylic acids is 2. The molecule has 0 aliphatic rings. The molecule has 0 aromatic rings. The number of carboxylic acid groups (broad SMARTS) is 2. The van der Waals surface area contributed by atoms with E-state index in [9.17, 15) is 4.79 Å². The molecule has 0 saturated heterocycles. The van der Waals surface area contributed by atoms with Crippen molar-refractivity contribution < 1.29 is 29.0 Å². The molecule has 0 heterocycles. The molecule has 1 atom stereocenters. The quantitative estimate of drug-likeness (QED) is 0.491. The fraction of sp³-hybridized carbons (Fsp3) is 0.900. The summed E-state index contributed by atoms with van der Waals surface area (Å²) < 4.78 is 6.20. The normalized spacial score (nSPS) is 11.5. The van der Waals surface area contributed by atoms with Crippen LogP contribution in [0, 0.1) is 0 Å². The van der Waals surface area contributed by atoms with Crippen molar-refractivity contribution in [1.29, 1.82) is 0 Å². The number of hydrogen-bond donors (Lipinski definition) is 2. The standard InChI is InChI=1S/C12H28N.C6H12O3.C2H4O2/c1-5-9-13(10-6-2,11-7-3)12-8-4;1-3-5(9-2)4-6(7)8;1-2(3)4/h5-12H2,1-4H3;5H,3-4H2,1-2H3,(H,7,8);1H3,(H,3,4)/q+1;;. The van der Waals surface area contributed by atoms with Gasteiger partial charge in [-0.3, -0.25) is 9.59 Å². The minimum atomic E-state index is -0.833. The zero-order valence-corrected chi connectivity index (χ0v) is 18.2. The number of carbonyl (C=O) groups is 2. The summed E-state index contributed by atoms with van der Waals surface area (Å²) in [4.78, 5) is 19.0. The first-order valence-corrected chi connectivity index (χ1v) is 9.97. The molecule has 6 nitrogen and oxygen atoms in total. The predicted octanol–water partition coefficient (Wildman–Crippen LogP) is 4.42. The van der Waals surface area contributed by atoms with E-state index in [1.54, 1.807) is 0 Å². The third kappa shape index (κ3) is 20.9. The fourth-order valence-corrected chi connectivity index (χ4v) is 3.16. The maximum Gasteiger partial charge on any atom is 0.305 e. The van der Waals surface area contributed by atoms with Crippen molar-refractivity contribution in [1.82, 2.24) is 0 Å². The van der Waals surface area contributed by atoms with Crippen molar-refractivity contribution in [3.8, 4) is 0 Å². The van der Waals surface area contributed by atoms with E-state index in [2.05, 4.69) is 27.7 Å². The average molecular weight is 379 g/mol. The molecule has 0 radical (unpaired) electrons. The first-order chi connectivity index (χ1) is 12.2.